The molecular weight excluding hydrogens is 322 g/mol. The highest BCUT2D eigenvalue weighted by molar-refractivity contribution is 9.10. The van der Waals surface area contributed by atoms with Crippen molar-refractivity contribution in [3.8, 4) is 0 Å². The average Bonchev–Trinajstić information content (AvgIpc) is 2.95. The molecule has 0 aliphatic carbocycles. The second kappa shape index (κ2) is 6.99. The summed E-state index contributed by atoms with van der Waals surface area (Å²) in [6.45, 7) is 6.23. The number of aromatic nitrogens is 4. The second-order valence-electron chi connectivity index (χ2n) is 3.99. The second-order valence-corrected chi connectivity index (χ2v) is 4.84. The summed E-state index contributed by atoms with van der Waals surface area (Å²) < 4.78 is 1.05. The smallest absolute Gasteiger partial charge is 0.283 e. The molecule has 0 radical (unpaired) electrons. The predicted molar refractivity (Wildman–Crippen MR) is 83.1 cm³/mol. The third kappa shape index (κ3) is 3.53. The number of hydrazone groups is 1. The van der Waals surface area contributed by atoms with Crippen LogP contribution in [0.1, 0.15) is 19.4 Å². The first-order chi connectivity index (χ1) is 9.74. The van der Waals surface area contributed by atoms with Crippen LogP contribution in [0, 0.1) is 0 Å². The van der Waals surface area contributed by atoms with E-state index < -0.39 is 0 Å². The van der Waals surface area contributed by atoms with Crippen molar-refractivity contribution >= 4 is 33.8 Å². The monoisotopic (exact) mass is 337 g/mol. The summed E-state index contributed by atoms with van der Waals surface area (Å²) >= 11 is 3.60. The van der Waals surface area contributed by atoms with E-state index in [1.54, 1.807) is 6.21 Å². The molecule has 2 rings (SSSR count). The number of benzene rings is 1. The molecule has 1 aromatic heterocycles. The minimum atomic E-state index is 0.333. The van der Waals surface area contributed by atoms with E-state index in [1.165, 1.54) is 5.69 Å². The van der Waals surface area contributed by atoms with Gasteiger partial charge in [0.15, 0.2) is 0 Å². The van der Waals surface area contributed by atoms with Crippen molar-refractivity contribution in [3.05, 3.63) is 28.2 Å². The Morgan fingerprint density at radius 2 is 2.20 bits per heavy atom. The van der Waals surface area contributed by atoms with Gasteiger partial charge in [-0.2, -0.15) is 10.3 Å². The van der Waals surface area contributed by atoms with E-state index in [0.29, 0.717) is 5.95 Å². The number of rotatable bonds is 6. The van der Waals surface area contributed by atoms with E-state index in [9.17, 15) is 0 Å². The van der Waals surface area contributed by atoms with E-state index in [2.05, 4.69) is 71.9 Å². The van der Waals surface area contributed by atoms with Gasteiger partial charge >= 0.3 is 0 Å². The summed E-state index contributed by atoms with van der Waals surface area (Å²) in [5.74, 6) is 0.333. The molecular formula is C12H16BrN7. The summed E-state index contributed by atoms with van der Waals surface area (Å²) in [4.78, 5) is 2.28. The zero-order valence-electron chi connectivity index (χ0n) is 11.3. The van der Waals surface area contributed by atoms with Crippen LogP contribution in [0.2, 0.25) is 0 Å². The Balaban J connectivity index is 2.06. The molecule has 0 fully saturated rings. The summed E-state index contributed by atoms with van der Waals surface area (Å²) in [6, 6.07) is 6.11. The van der Waals surface area contributed by atoms with Crippen LogP contribution < -0.4 is 10.3 Å². The number of hydrogen-bond donors (Lipinski definition) is 2. The maximum Gasteiger partial charge on any atom is 0.283 e. The van der Waals surface area contributed by atoms with Crippen molar-refractivity contribution in [1.82, 2.24) is 20.6 Å². The fourth-order valence-corrected chi connectivity index (χ4v) is 2.45. The first-order valence-electron chi connectivity index (χ1n) is 6.31. The van der Waals surface area contributed by atoms with Gasteiger partial charge in [-0.25, -0.2) is 5.43 Å². The van der Waals surface area contributed by atoms with Crippen LogP contribution in [0.15, 0.2) is 27.8 Å². The zero-order valence-corrected chi connectivity index (χ0v) is 12.9. The van der Waals surface area contributed by atoms with E-state index in [4.69, 9.17) is 0 Å². The summed E-state index contributed by atoms with van der Waals surface area (Å²) in [5, 5.41) is 17.3. The summed E-state index contributed by atoms with van der Waals surface area (Å²) in [7, 11) is 0. The van der Waals surface area contributed by atoms with Crippen molar-refractivity contribution in [2.45, 2.75) is 13.8 Å². The molecule has 0 bridgehead atoms. The number of nitrogens with one attached hydrogen (secondary N) is 2. The van der Waals surface area contributed by atoms with Crippen LogP contribution in [-0.2, 0) is 0 Å². The number of aromatic amines is 1. The summed E-state index contributed by atoms with van der Waals surface area (Å²) in [5.41, 5.74) is 4.83. The van der Waals surface area contributed by atoms with E-state index in [1.807, 2.05) is 12.1 Å². The third-order valence-corrected chi connectivity index (χ3v) is 3.43. The molecule has 0 amide bonds. The average molecular weight is 338 g/mol. The number of tetrazole rings is 1. The lowest BCUT2D eigenvalue weighted by Crippen LogP contribution is -2.22. The Hall–Kier alpha value is -1.96. The maximum absolute atomic E-state index is 4.05. The quantitative estimate of drug-likeness (QED) is 0.624. The van der Waals surface area contributed by atoms with Gasteiger partial charge in [0.1, 0.15) is 0 Å². The number of nitrogens with zero attached hydrogens (tertiary/aromatic N) is 5. The summed E-state index contributed by atoms with van der Waals surface area (Å²) in [6.07, 6.45) is 1.70. The van der Waals surface area contributed by atoms with Crippen LogP contribution in [-0.4, -0.2) is 39.9 Å². The molecule has 0 aliphatic heterocycles. The van der Waals surface area contributed by atoms with Crippen LogP contribution in [0.25, 0.3) is 0 Å². The minimum absolute atomic E-state index is 0.333. The highest BCUT2D eigenvalue weighted by Gasteiger charge is 2.06. The molecule has 1 aromatic carbocycles. The molecule has 0 saturated carbocycles. The number of H-pyrrole nitrogens is 1. The maximum atomic E-state index is 4.05. The number of hydrogen-bond acceptors (Lipinski definition) is 6. The molecule has 7 nitrogen and oxygen atoms in total. The van der Waals surface area contributed by atoms with Gasteiger partial charge in [-0.1, -0.05) is 11.2 Å². The van der Waals surface area contributed by atoms with Gasteiger partial charge in [-0.05, 0) is 52.7 Å². The van der Waals surface area contributed by atoms with Gasteiger partial charge in [0.05, 0.1) is 11.9 Å². The first-order valence-corrected chi connectivity index (χ1v) is 7.11. The molecule has 2 aromatic rings. The third-order valence-electron chi connectivity index (χ3n) is 2.80. The number of halogens is 1. The molecule has 0 atom stereocenters. The lowest BCUT2D eigenvalue weighted by Gasteiger charge is -2.22. The standard InChI is InChI=1S/C12H16BrN7/c1-3-20(4-2)11-6-5-9(7-10(11)13)8-14-15-12-16-18-19-17-12/h5-8H,3-4H2,1-2H3,(H2,15,16,17,18,19)/b14-8-. The van der Waals surface area contributed by atoms with E-state index in [-0.39, 0.29) is 0 Å². The molecule has 8 heteroatoms. The van der Waals surface area contributed by atoms with Gasteiger partial charge < -0.3 is 4.90 Å². The first kappa shape index (κ1) is 14.4. The van der Waals surface area contributed by atoms with Crippen LogP contribution in [0.5, 0.6) is 0 Å². The van der Waals surface area contributed by atoms with Gasteiger partial charge in [-0.3, -0.25) is 0 Å². The predicted octanol–water partition coefficient (Wildman–Crippen LogP) is 2.25. The minimum Gasteiger partial charge on any atom is -0.371 e. The molecule has 0 aliphatic rings. The normalized spacial score (nSPS) is 10.9. The van der Waals surface area contributed by atoms with Gasteiger partial charge in [0, 0.05) is 17.6 Å². The highest BCUT2D eigenvalue weighted by Crippen LogP contribution is 2.26. The zero-order chi connectivity index (χ0) is 14.4. The van der Waals surface area contributed by atoms with Gasteiger partial charge in [0.2, 0.25) is 0 Å². The largest absolute Gasteiger partial charge is 0.371 e. The molecule has 2 N–H and O–H groups in total. The Kier molecular flexibility index (Phi) is 5.05. The fraction of sp³-hybridized carbons (Fsp3) is 0.333. The van der Waals surface area contributed by atoms with Crippen molar-refractivity contribution in [2.75, 3.05) is 23.4 Å². The van der Waals surface area contributed by atoms with Gasteiger partial charge in [0.25, 0.3) is 5.95 Å². The molecule has 0 unspecified atom stereocenters. The van der Waals surface area contributed by atoms with Crippen molar-refractivity contribution in [2.24, 2.45) is 5.10 Å². The molecule has 0 spiro atoms. The van der Waals surface area contributed by atoms with Crippen molar-refractivity contribution in [1.29, 1.82) is 0 Å². The van der Waals surface area contributed by atoms with Crippen molar-refractivity contribution in [3.63, 3.8) is 0 Å². The molecule has 106 valence electrons. The Bertz CT molecular complexity index is 563. The Morgan fingerprint density at radius 1 is 1.40 bits per heavy atom. The molecule has 0 saturated heterocycles. The highest BCUT2D eigenvalue weighted by atomic mass is 79.9. The molecule has 1 heterocycles. The molecule has 20 heavy (non-hydrogen) atoms. The SMILES string of the molecule is CCN(CC)c1ccc(/C=N\Nc2nn[nH]n2)cc1Br. The Morgan fingerprint density at radius 3 is 2.80 bits per heavy atom. The van der Waals surface area contributed by atoms with Crippen molar-refractivity contribution < 1.29 is 0 Å². The van der Waals surface area contributed by atoms with Crippen LogP contribution in [0.4, 0.5) is 11.6 Å². The lowest BCUT2D eigenvalue weighted by molar-refractivity contribution is 0.864. The van der Waals surface area contributed by atoms with E-state index >= 15 is 0 Å². The van der Waals surface area contributed by atoms with Crippen LogP contribution in [0.3, 0.4) is 0 Å². The fourth-order valence-electron chi connectivity index (χ4n) is 1.80. The topological polar surface area (TPSA) is 82.1 Å². The lowest BCUT2D eigenvalue weighted by atomic mass is 10.2. The van der Waals surface area contributed by atoms with E-state index in [0.717, 1.165) is 23.1 Å². The van der Waals surface area contributed by atoms with Gasteiger partial charge in [-0.15, -0.1) is 5.10 Å². The number of anilines is 2. The Labute approximate surface area is 125 Å². The van der Waals surface area contributed by atoms with Crippen LogP contribution >= 0.6 is 15.9 Å².